The van der Waals surface area contributed by atoms with Crippen molar-refractivity contribution in [3.05, 3.63) is 89.5 Å². The van der Waals surface area contributed by atoms with Crippen molar-refractivity contribution in [2.24, 2.45) is 11.3 Å². The van der Waals surface area contributed by atoms with E-state index in [1.807, 2.05) is 88.4 Å². The molecular formula is C34H39NO7. The van der Waals surface area contributed by atoms with Crippen LogP contribution in [0.4, 0.5) is 4.79 Å². The van der Waals surface area contributed by atoms with Crippen molar-refractivity contribution < 1.29 is 33.6 Å². The molecule has 8 nitrogen and oxygen atoms in total. The van der Waals surface area contributed by atoms with Gasteiger partial charge >= 0.3 is 12.1 Å². The van der Waals surface area contributed by atoms with Gasteiger partial charge in [-0.15, -0.1) is 0 Å². The molecule has 0 bridgehead atoms. The summed E-state index contributed by atoms with van der Waals surface area (Å²) < 4.78 is 23.5. The molecule has 0 radical (unpaired) electrons. The number of ether oxygens (including phenoxy) is 4. The van der Waals surface area contributed by atoms with Crippen LogP contribution in [-0.4, -0.2) is 49.3 Å². The number of carbonyl (C=O) groups excluding carboxylic acids is 1. The van der Waals surface area contributed by atoms with E-state index in [0.717, 1.165) is 27.8 Å². The van der Waals surface area contributed by atoms with Gasteiger partial charge in [0.1, 0.15) is 12.4 Å². The molecule has 1 fully saturated rings. The van der Waals surface area contributed by atoms with Crippen LogP contribution in [-0.2, 0) is 19.0 Å². The Kier molecular flexibility index (Phi) is 8.30. The van der Waals surface area contributed by atoms with E-state index in [-0.39, 0.29) is 25.0 Å². The molecule has 2 aliphatic rings. The molecule has 1 aliphatic heterocycles. The van der Waals surface area contributed by atoms with Crippen molar-refractivity contribution in [3.63, 3.8) is 0 Å². The quantitative estimate of drug-likeness (QED) is 0.299. The maximum atomic E-state index is 13.3. The van der Waals surface area contributed by atoms with Gasteiger partial charge in [-0.3, -0.25) is 0 Å². The number of carboxylic acids is 1. The van der Waals surface area contributed by atoms with Gasteiger partial charge in [0.2, 0.25) is 0 Å². The minimum absolute atomic E-state index is 0.0293. The van der Waals surface area contributed by atoms with Gasteiger partial charge in [-0.05, 0) is 52.3 Å². The molecule has 0 saturated carbocycles. The molecule has 3 aromatic rings. The third kappa shape index (κ3) is 5.61. The topological polar surface area (TPSA) is 103 Å². The molecule has 222 valence electrons. The fourth-order valence-electron chi connectivity index (χ4n) is 6.04. The van der Waals surface area contributed by atoms with Crippen LogP contribution in [0.25, 0.3) is 11.1 Å². The van der Waals surface area contributed by atoms with E-state index in [9.17, 15) is 14.7 Å². The second-order valence-corrected chi connectivity index (χ2v) is 12.2. The third-order valence-electron chi connectivity index (χ3n) is 8.18. The summed E-state index contributed by atoms with van der Waals surface area (Å²) in [7, 11) is 1.59. The molecule has 1 saturated heterocycles. The highest BCUT2D eigenvalue weighted by atomic mass is 16.7. The summed E-state index contributed by atoms with van der Waals surface area (Å²) in [6, 6.07) is 22.5. The van der Waals surface area contributed by atoms with E-state index in [1.165, 1.54) is 0 Å². The average molecular weight is 574 g/mol. The van der Waals surface area contributed by atoms with Crippen molar-refractivity contribution in [3.8, 4) is 16.9 Å². The van der Waals surface area contributed by atoms with Crippen molar-refractivity contribution in [2.45, 2.75) is 58.0 Å². The highest BCUT2D eigenvalue weighted by Gasteiger charge is 2.57. The maximum absolute atomic E-state index is 13.3. The number of amides is 1. The van der Waals surface area contributed by atoms with Gasteiger partial charge in [0.05, 0.1) is 25.9 Å². The molecular weight excluding hydrogens is 534 g/mol. The fraction of sp³-hybridized carbons (Fsp3) is 0.412. The second-order valence-electron chi connectivity index (χ2n) is 12.2. The third-order valence-corrected chi connectivity index (χ3v) is 8.18. The molecule has 3 aromatic carbocycles. The van der Waals surface area contributed by atoms with Crippen molar-refractivity contribution in [1.82, 2.24) is 5.32 Å². The highest BCUT2D eigenvalue weighted by molar-refractivity contribution is 5.80. The molecule has 5 rings (SSSR count). The first-order valence-electron chi connectivity index (χ1n) is 14.4. The predicted octanol–water partition coefficient (Wildman–Crippen LogP) is 6.54. The molecule has 1 heterocycles. The lowest BCUT2D eigenvalue weighted by Gasteiger charge is -2.49. The fourth-order valence-corrected chi connectivity index (χ4v) is 6.04. The van der Waals surface area contributed by atoms with Crippen LogP contribution >= 0.6 is 0 Å². The van der Waals surface area contributed by atoms with E-state index in [0.29, 0.717) is 12.2 Å². The number of nitrogens with one attached hydrogen (secondary N) is 1. The van der Waals surface area contributed by atoms with Gasteiger partial charge < -0.3 is 29.4 Å². The summed E-state index contributed by atoms with van der Waals surface area (Å²) in [6.45, 7) is 8.05. The molecule has 0 aromatic heterocycles. The predicted molar refractivity (Wildman–Crippen MR) is 158 cm³/mol. The van der Waals surface area contributed by atoms with Crippen molar-refractivity contribution >= 4 is 12.1 Å². The molecule has 2 N–H and O–H groups in total. The summed E-state index contributed by atoms with van der Waals surface area (Å²) >= 11 is 0. The Morgan fingerprint density at radius 2 is 1.57 bits per heavy atom. The standard InChI is InChI=1S/C34H39NO7/c1-21(2)18-29(34(31(36)37)41-20-33(3,4)30(42-34)22-14-16-23(39-5)17-15-22)35-32(38)40-19-28-26-12-8-6-10-24(26)25-11-7-9-13-27(25)28/h6-17,21,28-30H,18-20H2,1-5H3,(H,35,38)(H,36,37)/t29-,30?,34?/m0/s1. The Morgan fingerprint density at radius 3 is 2.12 bits per heavy atom. The van der Waals surface area contributed by atoms with E-state index < -0.39 is 35.4 Å². The lowest BCUT2D eigenvalue weighted by Crippen LogP contribution is -2.65. The number of carbonyl (C=O) groups is 2. The molecule has 3 atom stereocenters. The van der Waals surface area contributed by atoms with Crippen molar-refractivity contribution in [1.29, 1.82) is 0 Å². The van der Waals surface area contributed by atoms with Crippen LogP contribution in [0.2, 0.25) is 0 Å². The zero-order chi connectivity index (χ0) is 30.1. The number of methoxy groups -OCH3 is 1. The second kappa shape index (κ2) is 11.8. The lowest BCUT2D eigenvalue weighted by molar-refractivity contribution is -0.332. The number of hydrogen-bond acceptors (Lipinski definition) is 6. The van der Waals surface area contributed by atoms with E-state index in [1.54, 1.807) is 7.11 Å². The van der Waals surface area contributed by atoms with Crippen LogP contribution < -0.4 is 10.1 Å². The van der Waals surface area contributed by atoms with Gasteiger partial charge in [0, 0.05) is 11.3 Å². The van der Waals surface area contributed by atoms with Gasteiger partial charge in [-0.25, -0.2) is 9.59 Å². The molecule has 2 unspecified atom stereocenters. The zero-order valence-electron chi connectivity index (χ0n) is 24.8. The highest BCUT2D eigenvalue weighted by Crippen LogP contribution is 2.47. The summed E-state index contributed by atoms with van der Waals surface area (Å²) in [4.78, 5) is 26.3. The number of hydrogen-bond donors (Lipinski definition) is 2. The minimum atomic E-state index is -2.12. The Balaban J connectivity index is 1.38. The number of rotatable bonds is 9. The monoisotopic (exact) mass is 573 g/mol. The summed E-state index contributed by atoms with van der Waals surface area (Å²) in [5.74, 6) is -2.83. The summed E-state index contributed by atoms with van der Waals surface area (Å²) in [5.41, 5.74) is 4.69. The van der Waals surface area contributed by atoms with Crippen LogP contribution in [0.3, 0.4) is 0 Å². The van der Waals surface area contributed by atoms with Crippen LogP contribution in [0, 0.1) is 11.3 Å². The van der Waals surface area contributed by atoms with Gasteiger partial charge in [0.25, 0.3) is 5.79 Å². The smallest absolute Gasteiger partial charge is 0.407 e. The van der Waals surface area contributed by atoms with Gasteiger partial charge in [-0.1, -0.05) is 88.4 Å². The Labute approximate surface area is 246 Å². The minimum Gasteiger partial charge on any atom is -0.497 e. The first kappa shape index (κ1) is 29.6. The number of alkyl carbamates (subject to hydrolysis) is 1. The molecule has 1 amide bonds. The zero-order valence-corrected chi connectivity index (χ0v) is 24.8. The van der Waals surface area contributed by atoms with Gasteiger partial charge in [0.15, 0.2) is 0 Å². The first-order chi connectivity index (χ1) is 20.1. The Morgan fingerprint density at radius 1 is 0.976 bits per heavy atom. The average Bonchev–Trinajstić information content (AvgIpc) is 3.29. The van der Waals surface area contributed by atoms with Crippen molar-refractivity contribution in [2.75, 3.05) is 20.3 Å². The maximum Gasteiger partial charge on any atom is 0.407 e. The number of fused-ring (bicyclic) bond motifs is 3. The Bertz CT molecular complexity index is 1390. The molecule has 1 aliphatic carbocycles. The van der Waals surface area contributed by atoms with E-state index >= 15 is 0 Å². The molecule has 42 heavy (non-hydrogen) atoms. The van der Waals surface area contributed by atoms with Crippen LogP contribution in [0.15, 0.2) is 72.8 Å². The molecule has 8 heteroatoms. The van der Waals surface area contributed by atoms with Crippen LogP contribution in [0.5, 0.6) is 5.75 Å². The Hall–Kier alpha value is -3.88. The normalized spacial score (nSPS) is 21.7. The number of carboxylic acid groups (broad SMARTS) is 1. The molecule has 0 spiro atoms. The summed E-state index contributed by atoms with van der Waals surface area (Å²) in [5, 5.41) is 13.4. The van der Waals surface area contributed by atoms with Crippen LogP contribution in [0.1, 0.15) is 62.8 Å². The first-order valence-corrected chi connectivity index (χ1v) is 14.4. The van der Waals surface area contributed by atoms with Gasteiger partial charge in [-0.2, -0.15) is 0 Å². The largest absolute Gasteiger partial charge is 0.497 e. The van der Waals surface area contributed by atoms with E-state index in [4.69, 9.17) is 18.9 Å². The summed E-state index contributed by atoms with van der Waals surface area (Å²) in [6.07, 6.45) is -1.04. The van der Waals surface area contributed by atoms with E-state index in [2.05, 4.69) is 17.4 Å². The number of aliphatic carboxylic acids is 1. The SMILES string of the molecule is COc1ccc(C2OC(C(=O)O)([C@H](CC(C)C)NC(=O)OCC3c4ccccc4-c4ccccc43)OCC2(C)C)cc1. The number of benzene rings is 3. The lowest BCUT2D eigenvalue weighted by atomic mass is 9.81.